The van der Waals surface area contributed by atoms with E-state index in [1.807, 2.05) is 29.2 Å². The van der Waals surface area contributed by atoms with Gasteiger partial charge in [-0.05, 0) is 30.9 Å². The number of aromatic nitrogens is 2. The molecule has 1 saturated heterocycles. The molecule has 1 aliphatic heterocycles. The summed E-state index contributed by atoms with van der Waals surface area (Å²) >= 11 is 6.01. The Morgan fingerprint density at radius 3 is 2.80 bits per heavy atom. The Hall–Kier alpha value is -1.88. The highest BCUT2D eigenvalue weighted by atomic mass is 35.5. The van der Waals surface area contributed by atoms with Crippen LogP contribution >= 0.6 is 11.6 Å². The highest BCUT2D eigenvalue weighted by molar-refractivity contribution is 6.30. The molecule has 0 atom stereocenters. The maximum Gasteiger partial charge on any atom is 0.233 e. The first-order valence-corrected chi connectivity index (χ1v) is 9.44. The average molecular weight is 360 g/mol. The van der Waals surface area contributed by atoms with E-state index >= 15 is 0 Å². The van der Waals surface area contributed by atoms with E-state index in [1.165, 1.54) is 32.1 Å². The maximum absolute atomic E-state index is 12.4. The van der Waals surface area contributed by atoms with Gasteiger partial charge in [0.25, 0.3) is 0 Å². The van der Waals surface area contributed by atoms with Crippen molar-refractivity contribution in [1.82, 2.24) is 15.0 Å². The molecule has 2 aromatic rings. The lowest BCUT2D eigenvalue weighted by Gasteiger charge is -2.38. The lowest BCUT2D eigenvalue weighted by molar-refractivity contribution is -0.137. The van der Waals surface area contributed by atoms with E-state index in [0.29, 0.717) is 42.2 Å². The summed E-state index contributed by atoms with van der Waals surface area (Å²) in [5, 5.41) is 4.69. The van der Waals surface area contributed by atoms with Crippen molar-refractivity contribution < 1.29 is 9.32 Å². The van der Waals surface area contributed by atoms with Crippen LogP contribution in [0.1, 0.15) is 50.3 Å². The molecule has 0 spiro atoms. The van der Waals surface area contributed by atoms with Gasteiger partial charge in [-0.15, -0.1) is 0 Å². The summed E-state index contributed by atoms with van der Waals surface area (Å²) in [6.45, 7) is 1.37. The van der Waals surface area contributed by atoms with Crippen LogP contribution in [0.3, 0.4) is 0 Å². The minimum Gasteiger partial charge on any atom is -0.341 e. The quantitative estimate of drug-likeness (QED) is 0.817. The number of carbonyl (C=O) groups is 1. The zero-order valence-corrected chi connectivity index (χ0v) is 14.9. The highest BCUT2D eigenvalue weighted by Crippen LogP contribution is 2.31. The van der Waals surface area contributed by atoms with Crippen molar-refractivity contribution in [2.24, 2.45) is 5.92 Å². The topological polar surface area (TPSA) is 59.2 Å². The van der Waals surface area contributed by atoms with E-state index in [1.54, 1.807) is 0 Å². The normalized spacial score (nSPS) is 19.0. The van der Waals surface area contributed by atoms with Crippen molar-refractivity contribution in [1.29, 1.82) is 0 Å². The van der Waals surface area contributed by atoms with Gasteiger partial charge in [-0.25, -0.2) is 0 Å². The number of halogens is 1. The molecule has 1 amide bonds. The Morgan fingerprint density at radius 2 is 2.04 bits per heavy atom. The predicted octanol–water partition coefficient (Wildman–Crippen LogP) is 4.29. The standard InChI is InChI=1S/C19H22ClN3O2/c20-16-8-4-7-14(10-16)18-21-19(25-22-18)15-11-23(12-15)17(24)9-13-5-2-1-3-6-13/h4,7-8,10,13,15H,1-3,5-6,9,11-12H2. The molecule has 1 aromatic carbocycles. The van der Waals surface area contributed by atoms with E-state index in [2.05, 4.69) is 10.1 Å². The van der Waals surface area contributed by atoms with Crippen LogP contribution in [-0.2, 0) is 4.79 Å². The zero-order chi connectivity index (χ0) is 17.2. The van der Waals surface area contributed by atoms with Crippen LogP contribution in [0.4, 0.5) is 0 Å². The highest BCUT2D eigenvalue weighted by Gasteiger charge is 2.36. The molecule has 2 heterocycles. The molecule has 2 aliphatic rings. The zero-order valence-electron chi connectivity index (χ0n) is 14.2. The fourth-order valence-corrected chi connectivity index (χ4v) is 3.94. The second-order valence-electron chi connectivity index (χ2n) is 7.17. The molecule has 1 aromatic heterocycles. The van der Waals surface area contributed by atoms with Gasteiger partial charge in [0.05, 0.1) is 5.92 Å². The molecule has 1 aliphatic carbocycles. The average Bonchev–Trinajstić information content (AvgIpc) is 3.04. The van der Waals surface area contributed by atoms with Crippen LogP contribution in [-0.4, -0.2) is 34.0 Å². The van der Waals surface area contributed by atoms with Gasteiger partial charge in [0.1, 0.15) is 0 Å². The molecular weight excluding hydrogens is 338 g/mol. The van der Waals surface area contributed by atoms with Crippen LogP contribution in [0.5, 0.6) is 0 Å². The summed E-state index contributed by atoms with van der Waals surface area (Å²) in [4.78, 5) is 18.8. The van der Waals surface area contributed by atoms with E-state index in [4.69, 9.17) is 16.1 Å². The van der Waals surface area contributed by atoms with Crippen LogP contribution in [0, 0.1) is 5.92 Å². The summed E-state index contributed by atoms with van der Waals surface area (Å²) in [6.07, 6.45) is 6.97. The number of benzene rings is 1. The van der Waals surface area contributed by atoms with Gasteiger partial charge >= 0.3 is 0 Å². The lowest BCUT2D eigenvalue weighted by atomic mass is 9.86. The Bertz CT molecular complexity index is 749. The van der Waals surface area contributed by atoms with Gasteiger partial charge in [-0.3, -0.25) is 4.79 Å². The monoisotopic (exact) mass is 359 g/mol. The molecule has 1 saturated carbocycles. The summed E-state index contributed by atoms with van der Waals surface area (Å²) in [5.41, 5.74) is 0.840. The predicted molar refractivity (Wildman–Crippen MR) is 95.3 cm³/mol. The van der Waals surface area contributed by atoms with Crippen molar-refractivity contribution in [2.75, 3.05) is 13.1 Å². The largest absolute Gasteiger partial charge is 0.341 e. The third kappa shape index (κ3) is 3.71. The SMILES string of the molecule is O=C(CC1CCCCC1)N1CC(c2nc(-c3cccc(Cl)c3)no2)C1. The molecule has 0 unspecified atom stereocenters. The number of hydrogen-bond donors (Lipinski definition) is 0. The molecule has 132 valence electrons. The van der Waals surface area contributed by atoms with E-state index in [9.17, 15) is 4.79 Å². The van der Waals surface area contributed by atoms with Crippen molar-refractivity contribution in [3.63, 3.8) is 0 Å². The molecular formula is C19H22ClN3O2. The first-order chi connectivity index (χ1) is 12.2. The molecule has 2 fully saturated rings. The van der Waals surface area contributed by atoms with Gasteiger partial charge < -0.3 is 9.42 Å². The Morgan fingerprint density at radius 1 is 1.24 bits per heavy atom. The van der Waals surface area contributed by atoms with Crippen molar-refractivity contribution >= 4 is 17.5 Å². The summed E-state index contributed by atoms with van der Waals surface area (Å²) in [6, 6.07) is 7.40. The van der Waals surface area contributed by atoms with Gasteiger partial charge in [0.15, 0.2) is 0 Å². The van der Waals surface area contributed by atoms with Crippen molar-refractivity contribution in [3.8, 4) is 11.4 Å². The fraction of sp³-hybridized carbons (Fsp3) is 0.526. The molecule has 0 radical (unpaired) electrons. The Balaban J connectivity index is 1.32. The molecule has 6 heteroatoms. The summed E-state index contributed by atoms with van der Waals surface area (Å²) < 4.78 is 5.40. The third-order valence-corrected chi connectivity index (χ3v) is 5.53. The van der Waals surface area contributed by atoms with Gasteiger partial charge in [-0.2, -0.15) is 4.98 Å². The summed E-state index contributed by atoms with van der Waals surface area (Å²) in [5.74, 6) is 2.16. The first-order valence-electron chi connectivity index (χ1n) is 9.06. The van der Waals surface area contributed by atoms with Crippen LogP contribution in [0.2, 0.25) is 5.02 Å². The second-order valence-corrected chi connectivity index (χ2v) is 7.61. The number of nitrogens with zero attached hydrogens (tertiary/aromatic N) is 3. The molecule has 0 N–H and O–H groups in total. The number of likely N-dealkylation sites (tertiary alicyclic amines) is 1. The van der Waals surface area contributed by atoms with Gasteiger partial charge in [-0.1, -0.05) is 48.2 Å². The molecule has 4 rings (SSSR count). The van der Waals surface area contributed by atoms with E-state index < -0.39 is 0 Å². The van der Waals surface area contributed by atoms with Crippen molar-refractivity contribution in [3.05, 3.63) is 35.2 Å². The van der Waals surface area contributed by atoms with E-state index in [-0.39, 0.29) is 11.8 Å². The number of carbonyl (C=O) groups excluding carboxylic acids is 1. The van der Waals surface area contributed by atoms with Gasteiger partial charge in [0, 0.05) is 30.1 Å². The molecule has 0 bridgehead atoms. The second kappa shape index (κ2) is 7.16. The smallest absolute Gasteiger partial charge is 0.233 e. The lowest BCUT2D eigenvalue weighted by Crippen LogP contribution is -2.49. The third-order valence-electron chi connectivity index (χ3n) is 5.30. The minimum atomic E-state index is 0.149. The van der Waals surface area contributed by atoms with Gasteiger partial charge in [0.2, 0.25) is 17.6 Å². The van der Waals surface area contributed by atoms with E-state index in [0.717, 1.165) is 5.56 Å². The first kappa shape index (κ1) is 16.6. The van der Waals surface area contributed by atoms with Crippen LogP contribution < -0.4 is 0 Å². The maximum atomic E-state index is 12.4. The number of amides is 1. The summed E-state index contributed by atoms with van der Waals surface area (Å²) in [7, 11) is 0. The van der Waals surface area contributed by atoms with Crippen LogP contribution in [0.15, 0.2) is 28.8 Å². The number of hydrogen-bond acceptors (Lipinski definition) is 4. The fourth-order valence-electron chi connectivity index (χ4n) is 3.75. The number of rotatable bonds is 4. The Kier molecular flexibility index (Phi) is 4.75. The molecule has 25 heavy (non-hydrogen) atoms. The Labute approximate surface area is 152 Å². The van der Waals surface area contributed by atoms with Crippen LogP contribution in [0.25, 0.3) is 11.4 Å². The van der Waals surface area contributed by atoms with Crippen molar-refractivity contribution in [2.45, 2.75) is 44.4 Å². The minimum absolute atomic E-state index is 0.149. The molecule has 5 nitrogen and oxygen atoms in total.